The van der Waals surface area contributed by atoms with Crippen LogP contribution in [0.25, 0.3) is 11.4 Å². The summed E-state index contributed by atoms with van der Waals surface area (Å²) < 4.78 is 1.96. The molecule has 0 atom stereocenters. The van der Waals surface area contributed by atoms with Gasteiger partial charge in [0.1, 0.15) is 0 Å². The van der Waals surface area contributed by atoms with Gasteiger partial charge in [0, 0.05) is 12.1 Å². The standard InChI is InChI=1S/C16H23N5/c1-12(2)14-3-5-15(6-4-14)16-18-19-20-21(16)11-13-7-9-17-10-8-13/h3-6,12-13,17H,7-11H2,1-2H3. The monoisotopic (exact) mass is 285 g/mol. The lowest BCUT2D eigenvalue weighted by atomic mass is 9.98. The first-order valence-electron chi connectivity index (χ1n) is 7.81. The molecule has 1 aliphatic rings. The molecular formula is C16H23N5. The van der Waals surface area contributed by atoms with E-state index in [-0.39, 0.29) is 0 Å². The third-order valence-electron chi connectivity index (χ3n) is 4.26. The molecule has 0 amide bonds. The van der Waals surface area contributed by atoms with Crippen molar-refractivity contribution in [1.29, 1.82) is 0 Å². The maximum absolute atomic E-state index is 4.21. The van der Waals surface area contributed by atoms with Gasteiger partial charge in [0.05, 0.1) is 0 Å². The minimum Gasteiger partial charge on any atom is -0.317 e. The van der Waals surface area contributed by atoms with E-state index in [1.165, 1.54) is 18.4 Å². The number of tetrazole rings is 1. The second-order valence-electron chi connectivity index (χ2n) is 6.15. The molecular weight excluding hydrogens is 262 g/mol. The highest BCUT2D eigenvalue weighted by atomic mass is 15.5. The Labute approximate surface area is 125 Å². The van der Waals surface area contributed by atoms with E-state index in [0.717, 1.165) is 31.0 Å². The van der Waals surface area contributed by atoms with Crippen molar-refractivity contribution in [3.63, 3.8) is 0 Å². The van der Waals surface area contributed by atoms with Crippen LogP contribution in [0.2, 0.25) is 0 Å². The molecule has 1 fully saturated rings. The zero-order chi connectivity index (χ0) is 14.7. The number of piperidine rings is 1. The third kappa shape index (κ3) is 3.29. The first-order chi connectivity index (χ1) is 10.2. The lowest BCUT2D eigenvalue weighted by molar-refractivity contribution is 0.320. The number of hydrogen-bond acceptors (Lipinski definition) is 4. The van der Waals surface area contributed by atoms with Gasteiger partial charge in [-0.1, -0.05) is 38.1 Å². The molecule has 0 bridgehead atoms. The summed E-state index contributed by atoms with van der Waals surface area (Å²) in [7, 11) is 0. The lowest BCUT2D eigenvalue weighted by Crippen LogP contribution is -2.30. The Morgan fingerprint density at radius 3 is 2.57 bits per heavy atom. The molecule has 0 saturated carbocycles. The summed E-state index contributed by atoms with van der Waals surface area (Å²) in [5.41, 5.74) is 2.44. The largest absolute Gasteiger partial charge is 0.317 e. The van der Waals surface area contributed by atoms with Crippen molar-refractivity contribution in [2.24, 2.45) is 5.92 Å². The molecule has 5 nitrogen and oxygen atoms in total. The van der Waals surface area contributed by atoms with Gasteiger partial charge in [-0.15, -0.1) is 5.10 Å². The maximum Gasteiger partial charge on any atom is 0.182 e. The highest BCUT2D eigenvalue weighted by molar-refractivity contribution is 5.55. The van der Waals surface area contributed by atoms with Gasteiger partial charge < -0.3 is 5.32 Å². The first-order valence-corrected chi connectivity index (χ1v) is 7.81. The first kappa shape index (κ1) is 14.2. The van der Waals surface area contributed by atoms with Crippen LogP contribution >= 0.6 is 0 Å². The molecule has 1 aromatic carbocycles. The fraction of sp³-hybridized carbons (Fsp3) is 0.562. The van der Waals surface area contributed by atoms with Crippen LogP contribution in [0.15, 0.2) is 24.3 Å². The van der Waals surface area contributed by atoms with Crippen molar-refractivity contribution >= 4 is 0 Å². The van der Waals surface area contributed by atoms with Crippen LogP contribution in [0.3, 0.4) is 0 Å². The van der Waals surface area contributed by atoms with E-state index in [0.29, 0.717) is 11.8 Å². The number of nitrogens with zero attached hydrogens (tertiary/aromatic N) is 4. The fourth-order valence-corrected chi connectivity index (χ4v) is 2.86. The van der Waals surface area contributed by atoms with E-state index in [1.54, 1.807) is 0 Å². The number of rotatable bonds is 4. The van der Waals surface area contributed by atoms with E-state index in [2.05, 4.69) is 59.0 Å². The normalized spacial score (nSPS) is 16.5. The molecule has 0 spiro atoms. The van der Waals surface area contributed by atoms with E-state index in [4.69, 9.17) is 0 Å². The van der Waals surface area contributed by atoms with Crippen LogP contribution in [-0.4, -0.2) is 33.3 Å². The predicted molar refractivity (Wildman–Crippen MR) is 82.9 cm³/mol. The zero-order valence-corrected chi connectivity index (χ0v) is 12.8. The van der Waals surface area contributed by atoms with Gasteiger partial charge in [0.15, 0.2) is 5.82 Å². The van der Waals surface area contributed by atoms with Gasteiger partial charge in [0.25, 0.3) is 0 Å². The molecule has 2 heterocycles. The van der Waals surface area contributed by atoms with Gasteiger partial charge in [-0.2, -0.15) is 0 Å². The van der Waals surface area contributed by atoms with Crippen molar-refractivity contribution in [3.8, 4) is 11.4 Å². The highest BCUT2D eigenvalue weighted by Gasteiger charge is 2.17. The Bertz CT molecular complexity index is 567. The number of hydrogen-bond donors (Lipinski definition) is 1. The molecule has 1 aliphatic heterocycles. The Hall–Kier alpha value is -1.75. The number of benzene rings is 1. The van der Waals surface area contributed by atoms with Gasteiger partial charge >= 0.3 is 0 Å². The third-order valence-corrected chi connectivity index (χ3v) is 4.26. The van der Waals surface area contributed by atoms with Crippen LogP contribution in [0.1, 0.15) is 38.2 Å². The quantitative estimate of drug-likeness (QED) is 0.937. The predicted octanol–water partition coefficient (Wildman–Crippen LogP) is 2.46. The van der Waals surface area contributed by atoms with E-state index >= 15 is 0 Å². The molecule has 1 N–H and O–H groups in total. The summed E-state index contributed by atoms with van der Waals surface area (Å²) in [6.45, 7) is 7.53. The van der Waals surface area contributed by atoms with E-state index in [1.807, 2.05) is 4.68 Å². The van der Waals surface area contributed by atoms with Crippen LogP contribution in [-0.2, 0) is 6.54 Å². The highest BCUT2D eigenvalue weighted by Crippen LogP contribution is 2.22. The molecule has 0 aliphatic carbocycles. The van der Waals surface area contributed by atoms with Crippen LogP contribution in [0.4, 0.5) is 0 Å². The molecule has 21 heavy (non-hydrogen) atoms. The van der Waals surface area contributed by atoms with Crippen LogP contribution < -0.4 is 5.32 Å². The summed E-state index contributed by atoms with van der Waals surface area (Å²) >= 11 is 0. The summed E-state index contributed by atoms with van der Waals surface area (Å²) in [6.07, 6.45) is 2.40. The van der Waals surface area contributed by atoms with Crippen molar-refractivity contribution < 1.29 is 0 Å². The van der Waals surface area contributed by atoms with Crippen molar-refractivity contribution in [2.75, 3.05) is 13.1 Å². The minimum absolute atomic E-state index is 0.546. The summed E-state index contributed by atoms with van der Waals surface area (Å²) in [5, 5.41) is 15.7. The fourth-order valence-electron chi connectivity index (χ4n) is 2.86. The summed E-state index contributed by atoms with van der Waals surface area (Å²) in [6, 6.07) is 8.59. The Morgan fingerprint density at radius 2 is 1.90 bits per heavy atom. The molecule has 1 saturated heterocycles. The molecule has 1 aromatic heterocycles. The second kappa shape index (κ2) is 6.35. The Balaban J connectivity index is 1.77. The number of aromatic nitrogens is 4. The molecule has 112 valence electrons. The molecule has 0 radical (unpaired) electrons. The second-order valence-corrected chi connectivity index (χ2v) is 6.15. The van der Waals surface area contributed by atoms with Gasteiger partial charge in [0.2, 0.25) is 0 Å². The average Bonchev–Trinajstić information content (AvgIpc) is 2.96. The van der Waals surface area contributed by atoms with Crippen molar-refractivity contribution in [2.45, 2.75) is 39.2 Å². The van der Waals surface area contributed by atoms with Crippen molar-refractivity contribution in [1.82, 2.24) is 25.5 Å². The van der Waals surface area contributed by atoms with Crippen molar-refractivity contribution in [3.05, 3.63) is 29.8 Å². The van der Waals surface area contributed by atoms with Crippen LogP contribution in [0, 0.1) is 5.92 Å². The SMILES string of the molecule is CC(C)c1ccc(-c2nnnn2CC2CCNCC2)cc1. The lowest BCUT2D eigenvalue weighted by Gasteiger charge is -2.22. The number of nitrogens with one attached hydrogen (secondary N) is 1. The summed E-state index contributed by atoms with van der Waals surface area (Å²) in [4.78, 5) is 0. The van der Waals surface area contributed by atoms with Gasteiger partial charge in [-0.05, 0) is 53.8 Å². The molecule has 5 heteroatoms. The Morgan fingerprint density at radius 1 is 1.19 bits per heavy atom. The zero-order valence-electron chi connectivity index (χ0n) is 12.8. The van der Waals surface area contributed by atoms with E-state index in [9.17, 15) is 0 Å². The summed E-state index contributed by atoms with van der Waals surface area (Å²) in [5.74, 6) is 2.09. The van der Waals surface area contributed by atoms with Crippen LogP contribution in [0.5, 0.6) is 0 Å². The average molecular weight is 285 g/mol. The minimum atomic E-state index is 0.546. The van der Waals surface area contributed by atoms with E-state index < -0.39 is 0 Å². The maximum atomic E-state index is 4.21. The molecule has 0 unspecified atom stereocenters. The molecule has 3 rings (SSSR count). The van der Waals surface area contributed by atoms with Gasteiger partial charge in [-0.3, -0.25) is 0 Å². The Kier molecular flexibility index (Phi) is 4.29. The smallest absolute Gasteiger partial charge is 0.182 e. The topological polar surface area (TPSA) is 55.6 Å². The molecule has 2 aromatic rings. The van der Waals surface area contributed by atoms with Gasteiger partial charge in [-0.25, -0.2) is 4.68 Å².